The van der Waals surface area contributed by atoms with Gasteiger partial charge >= 0.3 is 0 Å². The predicted molar refractivity (Wildman–Crippen MR) is 255 cm³/mol. The molecule has 2 spiro atoms. The molecule has 1 heterocycles. The highest BCUT2D eigenvalue weighted by molar-refractivity contribution is 5.95. The lowest BCUT2D eigenvalue weighted by molar-refractivity contribution is 0.629. The predicted octanol–water partition coefficient (Wildman–Crippen LogP) is 14.9. The molecule has 0 aliphatic heterocycles. The van der Waals surface area contributed by atoms with Crippen molar-refractivity contribution in [3.05, 3.63) is 275 Å². The number of rotatable bonds is 4. The van der Waals surface area contributed by atoms with E-state index >= 15 is 0 Å². The van der Waals surface area contributed by atoms with Crippen LogP contribution in [0.4, 0.5) is 0 Å². The van der Waals surface area contributed by atoms with E-state index in [9.17, 15) is 0 Å². The van der Waals surface area contributed by atoms with Crippen LogP contribution in [0.2, 0.25) is 0 Å². The van der Waals surface area contributed by atoms with E-state index < -0.39 is 10.8 Å². The van der Waals surface area contributed by atoms with E-state index in [1.54, 1.807) is 0 Å². The molecule has 4 aliphatic carbocycles. The zero-order valence-corrected chi connectivity index (χ0v) is 34.2. The maximum absolute atomic E-state index is 5.40. The average Bonchev–Trinajstić information content (AvgIpc) is 3.82. The normalized spacial score (nSPS) is 17.0. The van der Waals surface area contributed by atoms with Crippen LogP contribution < -0.4 is 0 Å². The molecule has 1 unspecified atom stereocenters. The number of hydrogen-bond acceptors (Lipinski definition) is 1. The Bertz CT molecular complexity index is 3300. The first-order valence-corrected chi connectivity index (χ1v) is 21.9. The minimum absolute atomic E-state index is 0.504. The second-order valence-corrected chi connectivity index (χ2v) is 17.2. The van der Waals surface area contributed by atoms with Crippen molar-refractivity contribution < 1.29 is 0 Å². The summed E-state index contributed by atoms with van der Waals surface area (Å²) in [5.41, 5.74) is 24.3. The lowest BCUT2D eigenvalue weighted by Gasteiger charge is -2.49. The van der Waals surface area contributed by atoms with E-state index in [4.69, 9.17) is 4.98 Å². The van der Waals surface area contributed by atoms with Crippen molar-refractivity contribution in [2.75, 3.05) is 0 Å². The number of aromatic nitrogens is 1. The third kappa shape index (κ3) is 4.77. The maximum Gasteiger partial charge on any atom is 0.0720 e. The van der Waals surface area contributed by atoms with Crippen molar-refractivity contribution in [3.63, 3.8) is 0 Å². The first-order valence-electron chi connectivity index (χ1n) is 21.9. The Hall–Kier alpha value is -7.61. The van der Waals surface area contributed by atoms with Crippen LogP contribution in [-0.2, 0) is 10.8 Å². The molecule has 0 saturated heterocycles. The Morgan fingerprint density at radius 1 is 0.323 bits per heavy atom. The molecule has 0 saturated carbocycles. The summed E-state index contributed by atoms with van der Waals surface area (Å²) in [4.78, 5) is 5.40. The first kappa shape index (κ1) is 35.2. The summed E-state index contributed by atoms with van der Waals surface area (Å²) in [5.74, 6) is 0. The van der Waals surface area contributed by atoms with Crippen LogP contribution in [0.1, 0.15) is 57.3 Å². The SMILES string of the molecule is C1=CC2=C(CC1)c1ccccc1C21c2ccccc2C2(c3ccccc3-c3ccccc32)c2ccc(-c3cc(-c4ccccc4)nc(-c4cccc(-c5ccccc5)c4)c3)cc21. The Labute approximate surface area is 363 Å². The Morgan fingerprint density at radius 3 is 1.52 bits per heavy atom. The smallest absolute Gasteiger partial charge is 0.0720 e. The molecule has 0 amide bonds. The maximum atomic E-state index is 5.40. The van der Waals surface area contributed by atoms with E-state index in [1.807, 2.05) is 0 Å². The molecule has 13 rings (SSSR count). The summed E-state index contributed by atoms with van der Waals surface area (Å²) >= 11 is 0. The van der Waals surface area contributed by atoms with E-state index in [0.29, 0.717) is 0 Å². The van der Waals surface area contributed by atoms with E-state index in [2.05, 4.69) is 224 Å². The van der Waals surface area contributed by atoms with Gasteiger partial charge in [-0.25, -0.2) is 4.98 Å². The molecule has 1 heteroatoms. The molecule has 0 bridgehead atoms. The van der Waals surface area contributed by atoms with Gasteiger partial charge in [0.1, 0.15) is 0 Å². The number of hydrogen-bond donors (Lipinski definition) is 0. The molecule has 1 atom stereocenters. The Balaban J connectivity index is 1.13. The molecule has 8 aromatic carbocycles. The van der Waals surface area contributed by atoms with Gasteiger partial charge in [-0.05, 0) is 126 Å². The Kier molecular flexibility index (Phi) is 7.63. The van der Waals surface area contributed by atoms with Crippen LogP contribution in [-0.4, -0.2) is 4.98 Å². The third-order valence-electron chi connectivity index (χ3n) is 14.2. The zero-order valence-electron chi connectivity index (χ0n) is 34.2. The monoisotopic (exact) mass is 787 g/mol. The van der Waals surface area contributed by atoms with Gasteiger partial charge < -0.3 is 0 Å². The first-order chi connectivity index (χ1) is 30.7. The highest BCUT2D eigenvalue weighted by atomic mass is 14.7. The van der Waals surface area contributed by atoms with Gasteiger partial charge in [0.2, 0.25) is 0 Å². The Morgan fingerprint density at radius 2 is 0.823 bits per heavy atom. The number of allylic oxidation sites excluding steroid dienone is 4. The fourth-order valence-electron chi connectivity index (χ4n) is 11.8. The fraction of sp³-hybridized carbons (Fsp3) is 0.0656. The summed E-state index contributed by atoms with van der Waals surface area (Å²) in [6.45, 7) is 0. The van der Waals surface area contributed by atoms with Gasteiger partial charge in [-0.1, -0.05) is 200 Å². The van der Waals surface area contributed by atoms with E-state index in [1.165, 1.54) is 83.5 Å². The molecule has 9 aromatic rings. The molecule has 62 heavy (non-hydrogen) atoms. The van der Waals surface area contributed by atoms with Crippen LogP contribution in [0.5, 0.6) is 0 Å². The van der Waals surface area contributed by atoms with Gasteiger partial charge in [0, 0.05) is 11.1 Å². The van der Waals surface area contributed by atoms with Crippen molar-refractivity contribution in [2.24, 2.45) is 0 Å². The largest absolute Gasteiger partial charge is 0.248 e. The molecule has 0 radical (unpaired) electrons. The van der Waals surface area contributed by atoms with Crippen molar-refractivity contribution in [1.82, 2.24) is 4.98 Å². The minimum Gasteiger partial charge on any atom is -0.248 e. The summed E-state index contributed by atoms with van der Waals surface area (Å²) in [7, 11) is 0. The van der Waals surface area contributed by atoms with Crippen molar-refractivity contribution >= 4 is 5.57 Å². The second kappa shape index (κ2) is 13.4. The summed E-state index contributed by atoms with van der Waals surface area (Å²) in [6.07, 6.45) is 6.97. The molecule has 290 valence electrons. The van der Waals surface area contributed by atoms with Crippen LogP contribution in [0, 0.1) is 0 Å². The lowest BCUT2D eigenvalue weighted by Crippen LogP contribution is -2.44. The molecular weight excluding hydrogens is 747 g/mol. The highest BCUT2D eigenvalue weighted by Gasteiger charge is 2.59. The minimum atomic E-state index is -0.509. The van der Waals surface area contributed by atoms with Crippen LogP contribution in [0.25, 0.3) is 61.5 Å². The number of fused-ring (bicyclic) bond motifs is 15. The van der Waals surface area contributed by atoms with Crippen LogP contribution >= 0.6 is 0 Å². The quantitative estimate of drug-likeness (QED) is 0.173. The summed E-state index contributed by atoms with van der Waals surface area (Å²) < 4.78 is 0. The van der Waals surface area contributed by atoms with Crippen LogP contribution in [0.3, 0.4) is 0 Å². The van der Waals surface area contributed by atoms with Gasteiger partial charge in [-0.2, -0.15) is 0 Å². The van der Waals surface area contributed by atoms with E-state index in [0.717, 1.165) is 40.9 Å². The molecule has 1 aromatic heterocycles. The summed E-state index contributed by atoms with van der Waals surface area (Å²) in [5, 5.41) is 0. The number of pyridine rings is 1. The van der Waals surface area contributed by atoms with Crippen molar-refractivity contribution in [1.29, 1.82) is 0 Å². The fourth-order valence-corrected chi connectivity index (χ4v) is 11.8. The number of nitrogens with zero attached hydrogens (tertiary/aromatic N) is 1. The van der Waals surface area contributed by atoms with Gasteiger partial charge in [0.25, 0.3) is 0 Å². The lowest BCUT2D eigenvalue weighted by atomic mass is 9.51. The van der Waals surface area contributed by atoms with Gasteiger partial charge in [-0.3, -0.25) is 0 Å². The average molecular weight is 788 g/mol. The standard InChI is InChI=1S/C61H41N/c1-3-18-40(19-4-1)42-22-17-23-44(36-42)59-39-45(38-58(62-59)41-20-5-2-6-21-41)43-34-35-56-57(37-43)61(52-30-13-9-26-48(52)49-27-10-14-31-53(49)61)55-33-16-15-32-54(55)60(56)50-28-11-7-24-46(50)47-25-8-12-29-51(47)60/h1-9,11-26,28-39H,10,27H2. The highest BCUT2D eigenvalue weighted by Crippen LogP contribution is 2.68. The molecule has 0 fully saturated rings. The molecule has 1 nitrogen and oxygen atoms in total. The summed E-state index contributed by atoms with van der Waals surface area (Å²) in [6, 6.07) is 79.2. The molecular formula is C61H41N. The van der Waals surface area contributed by atoms with Crippen molar-refractivity contribution in [3.8, 4) is 55.9 Å². The van der Waals surface area contributed by atoms with Crippen LogP contribution in [0.15, 0.2) is 230 Å². The topological polar surface area (TPSA) is 12.9 Å². The number of benzene rings is 8. The third-order valence-corrected chi connectivity index (χ3v) is 14.2. The van der Waals surface area contributed by atoms with Gasteiger partial charge in [0.15, 0.2) is 0 Å². The second-order valence-electron chi connectivity index (χ2n) is 17.2. The van der Waals surface area contributed by atoms with Gasteiger partial charge in [-0.15, -0.1) is 0 Å². The van der Waals surface area contributed by atoms with Crippen molar-refractivity contribution in [2.45, 2.75) is 23.7 Å². The zero-order chi connectivity index (χ0) is 40.8. The molecule has 4 aliphatic rings. The van der Waals surface area contributed by atoms with E-state index in [-0.39, 0.29) is 0 Å². The molecule has 0 N–H and O–H groups in total. The van der Waals surface area contributed by atoms with Gasteiger partial charge in [0.05, 0.1) is 22.2 Å².